The van der Waals surface area contributed by atoms with Crippen molar-refractivity contribution in [1.82, 2.24) is 15.1 Å². The Balaban J connectivity index is 1.92. The van der Waals surface area contributed by atoms with Crippen LogP contribution in [0, 0.1) is 0 Å². The summed E-state index contributed by atoms with van der Waals surface area (Å²) in [5.41, 5.74) is 1.11. The normalized spacial score (nSPS) is 20.1. The van der Waals surface area contributed by atoms with E-state index in [1.165, 1.54) is 5.82 Å². The van der Waals surface area contributed by atoms with Crippen LogP contribution in [-0.4, -0.2) is 35.5 Å². The third-order valence-electron chi connectivity index (χ3n) is 3.32. The Bertz CT molecular complexity index is 506. The van der Waals surface area contributed by atoms with Gasteiger partial charge in [-0.1, -0.05) is 18.2 Å². The monoisotopic (exact) mass is 242 g/mol. The minimum Gasteiger partial charge on any atom is -0.354 e. The maximum atomic E-state index is 4.44. The van der Waals surface area contributed by atoms with Crippen LogP contribution < -0.4 is 10.2 Å². The van der Waals surface area contributed by atoms with Gasteiger partial charge in [0.2, 0.25) is 0 Å². The van der Waals surface area contributed by atoms with E-state index in [2.05, 4.69) is 40.4 Å². The number of rotatable bonds is 2. The van der Waals surface area contributed by atoms with Gasteiger partial charge in [0.1, 0.15) is 5.82 Å². The van der Waals surface area contributed by atoms with Crippen molar-refractivity contribution in [3.05, 3.63) is 42.6 Å². The lowest BCUT2D eigenvalue weighted by molar-refractivity contribution is 0.479. The van der Waals surface area contributed by atoms with E-state index in [4.69, 9.17) is 0 Å². The van der Waals surface area contributed by atoms with Gasteiger partial charge in [-0.25, -0.2) is 4.68 Å². The molecule has 1 unspecified atom stereocenters. The second kappa shape index (κ2) is 4.82. The van der Waals surface area contributed by atoms with Crippen LogP contribution in [0.15, 0.2) is 42.6 Å². The molecule has 1 atom stereocenters. The minimum absolute atomic E-state index is 0.526. The van der Waals surface area contributed by atoms with Gasteiger partial charge >= 0.3 is 0 Å². The Morgan fingerprint density at radius 3 is 2.83 bits per heavy atom. The number of hydrogen-bond donors (Lipinski definition) is 1. The molecule has 0 bridgehead atoms. The number of nitrogens with one attached hydrogen (secondary N) is 1. The number of anilines is 1. The zero-order valence-electron chi connectivity index (χ0n) is 10.6. The molecule has 1 fully saturated rings. The molecule has 0 radical (unpaired) electrons. The molecule has 94 valence electrons. The number of para-hydroxylation sites is 1. The molecular formula is C14H18N4. The van der Waals surface area contributed by atoms with Gasteiger partial charge in [-0.05, 0) is 19.1 Å². The summed E-state index contributed by atoms with van der Waals surface area (Å²) < 4.78 is 2.01. The molecule has 2 aromatic rings. The van der Waals surface area contributed by atoms with Crippen LogP contribution in [-0.2, 0) is 0 Å². The minimum atomic E-state index is 0.526. The summed E-state index contributed by atoms with van der Waals surface area (Å²) in [6, 6.07) is 12.9. The number of aromatic nitrogens is 2. The molecule has 0 aliphatic carbocycles. The number of nitrogens with zero attached hydrogens (tertiary/aromatic N) is 3. The third kappa shape index (κ3) is 2.11. The highest BCUT2D eigenvalue weighted by Gasteiger charge is 2.19. The van der Waals surface area contributed by atoms with Gasteiger partial charge in [-0.3, -0.25) is 0 Å². The van der Waals surface area contributed by atoms with Crippen molar-refractivity contribution in [2.75, 3.05) is 24.5 Å². The summed E-state index contributed by atoms with van der Waals surface area (Å²) in [7, 11) is 0. The Morgan fingerprint density at radius 2 is 2.06 bits per heavy atom. The summed E-state index contributed by atoms with van der Waals surface area (Å²) in [5.74, 6) is 1.18. The quantitative estimate of drug-likeness (QED) is 0.869. The second-order valence-corrected chi connectivity index (χ2v) is 4.74. The van der Waals surface area contributed by atoms with E-state index >= 15 is 0 Å². The fourth-order valence-electron chi connectivity index (χ4n) is 2.44. The molecular weight excluding hydrogens is 224 g/mol. The van der Waals surface area contributed by atoms with E-state index in [9.17, 15) is 0 Å². The van der Waals surface area contributed by atoms with Crippen LogP contribution in [0.3, 0.4) is 0 Å². The van der Waals surface area contributed by atoms with Gasteiger partial charge in [-0.2, -0.15) is 5.10 Å². The smallest absolute Gasteiger partial charge is 0.132 e. The van der Waals surface area contributed by atoms with Crippen molar-refractivity contribution in [2.24, 2.45) is 0 Å². The van der Waals surface area contributed by atoms with Crippen LogP contribution in [0.4, 0.5) is 5.82 Å². The van der Waals surface area contributed by atoms with E-state index in [1.54, 1.807) is 0 Å². The lowest BCUT2D eigenvalue weighted by Gasteiger charge is -2.33. The van der Waals surface area contributed by atoms with E-state index in [-0.39, 0.29) is 0 Å². The molecule has 2 heterocycles. The first kappa shape index (κ1) is 11.3. The highest BCUT2D eigenvalue weighted by Crippen LogP contribution is 2.19. The van der Waals surface area contributed by atoms with Gasteiger partial charge in [0.25, 0.3) is 0 Å². The second-order valence-electron chi connectivity index (χ2n) is 4.74. The average molecular weight is 242 g/mol. The Morgan fingerprint density at radius 1 is 1.22 bits per heavy atom. The van der Waals surface area contributed by atoms with Crippen LogP contribution >= 0.6 is 0 Å². The van der Waals surface area contributed by atoms with E-state index in [0.717, 1.165) is 25.3 Å². The summed E-state index contributed by atoms with van der Waals surface area (Å²) in [6.45, 7) is 5.30. The summed E-state index contributed by atoms with van der Waals surface area (Å²) in [5, 5.41) is 7.90. The molecule has 1 aromatic heterocycles. The molecule has 1 N–H and O–H groups in total. The van der Waals surface area contributed by atoms with Crippen molar-refractivity contribution >= 4 is 5.82 Å². The van der Waals surface area contributed by atoms with Gasteiger partial charge in [0.15, 0.2) is 0 Å². The molecule has 3 rings (SSSR count). The predicted molar refractivity (Wildman–Crippen MR) is 73.2 cm³/mol. The Hall–Kier alpha value is -1.81. The first-order chi connectivity index (χ1) is 8.84. The molecule has 1 aliphatic rings. The zero-order chi connectivity index (χ0) is 12.4. The molecule has 0 amide bonds. The van der Waals surface area contributed by atoms with Gasteiger partial charge in [0, 0.05) is 31.7 Å². The van der Waals surface area contributed by atoms with Crippen molar-refractivity contribution in [2.45, 2.75) is 13.0 Å². The summed E-state index contributed by atoms with van der Waals surface area (Å²) >= 11 is 0. The van der Waals surface area contributed by atoms with E-state index in [0.29, 0.717) is 6.04 Å². The number of benzene rings is 1. The molecule has 18 heavy (non-hydrogen) atoms. The molecule has 1 saturated heterocycles. The van der Waals surface area contributed by atoms with Crippen LogP contribution in [0.25, 0.3) is 5.69 Å². The maximum Gasteiger partial charge on any atom is 0.132 e. The largest absolute Gasteiger partial charge is 0.354 e. The fraction of sp³-hybridized carbons (Fsp3) is 0.357. The highest BCUT2D eigenvalue weighted by atomic mass is 15.4. The molecule has 0 spiro atoms. The van der Waals surface area contributed by atoms with Crippen LogP contribution in [0.2, 0.25) is 0 Å². The predicted octanol–water partition coefficient (Wildman–Crippen LogP) is 1.67. The van der Waals surface area contributed by atoms with E-state index in [1.807, 2.05) is 29.1 Å². The van der Waals surface area contributed by atoms with Crippen LogP contribution in [0.1, 0.15) is 6.92 Å². The van der Waals surface area contributed by atoms with Crippen molar-refractivity contribution < 1.29 is 0 Å². The molecule has 4 nitrogen and oxygen atoms in total. The first-order valence-electron chi connectivity index (χ1n) is 6.42. The fourth-order valence-corrected chi connectivity index (χ4v) is 2.44. The van der Waals surface area contributed by atoms with Crippen LogP contribution in [0.5, 0.6) is 0 Å². The Kier molecular flexibility index (Phi) is 3.02. The van der Waals surface area contributed by atoms with E-state index < -0.39 is 0 Å². The summed E-state index contributed by atoms with van der Waals surface area (Å²) in [4.78, 5) is 2.39. The average Bonchev–Trinajstić information content (AvgIpc) is 2.89. The molecule has 1 aromatic carbocycles. The maximum absolute atomic E-state index is 4.44. The highest BCUT2D eigenvalue weighted by molar-refractivity contribution is 5.47. The number of piperazine rings is 1. The Labute approximate surface area is 107 Å². The van der Waals surface area contributed by atoms with Crippen molar-refractivity contribution in [1.29, 1.82) is 0 Å². The van der Waals surface area contributed by atoms with Gasteiger partial charge in [-0.15, -0.1) is 0 Å². The van der Waals surface area contributed by atoms with Gasteiger partial charge in [0.05, 0.1) is 11.9 Å². The SMILES string of the molecule is CC1CN(c2ccnn2-c2ccccc2)CCN1. The third-order valence-corrected chi connectivity index (χ3v) is 3.32. The van der Waals surface area contributed by atoms with Crippen molar-refractivity contribution in [3.63, 3.8) is 0 Å². The first-order valence-corrected chi connectivity index (χ1v) is 6.42. The topological polar surface area (TPSA) is 33.1 Å². The molecule has 0 saturated carbocycles. The van der Waals surface area contributed by atoms with Crippen molar-refractivity contribution in [3.8, 4) is 5.69 Å². The summed E-state index contributed by atoms with van der Waals surface area (Å²) in [6.07, 6.45) is 1.87. The zero-order valence-corrected chi connectivity index (χ0v) is 10.6. The molecule has 4 heteroatoms. The molecule has 1 aliphatic heterocycles. The standard InChI is InChI=1S/C14H18N4/c1-12-11-17(10-9-15-12)14-7-8-16-18(14)13-5-3-2-4-6-13/h2-8,12,15H,9-11H2,1H3. The lowest BCUT2D eigenvalue weighted by Crippen LogP contribution is -2.49. The number of hydrogen-bond acceptors (Lipinski definition) is 3. The lowest BCUT2D eigenvalue weighted by atomic mass is 10.2. The van der Waals surface area contributed by atoms with Gasteiger partial charge < -0.3 is 10.2 Å².